The average molecular weight is 618 g/mol. The van der Waals surface area contributed by atoms with E-state index in [0.717, 1.165) is 49.7 Å². The molecule has 0 bridgehead atoms. The second-order valence-electron chi connectivity index (χ2n) is 12.6. The van der Waals surface area contributed by atoms with Gasteiger partial charge in [0.2, 0.25) is 11.8 Å². The molecule has 2 saturated heterocycles. The molecule has 2 fully saturated rings. The fourth-order valence-electron chi connectivity index (χ4n) is 6.61. The molecular formula is C35H44FN5O4. The van der Waals surface area contributed by atoms with Crippen molar-refractivity contribution < 1.29 is 23.4 Å². The minimum Gasteiger partial charge on any atom is -0.491 e. The third kappa shape index (κ3) is 7.64. The number of carbonyl (C=O) groups excluding carboxylic acids is 1. The number of fused-ring (bicyclic) bond motifs is 1. The first-order valence-electron chi connectivity index (χ1n) is 16.0. The summed E-state index contributed by atoms with van der Waals surface area (Å²) >= 11 is 0. The number of hydrogen-bond acceptors (Lipinski definition) is 8. The number of hydrogen-bond donors (Lipinski definition) is 1. The number of rotatable bonds is 9. The topological polar surface area (TPSA) is 79.4 Å². The predicted molar refractivity (Wildman–Crippen MR) is 171 cm³/mol. The maximum absolute atomic E-state index is 14.5. The van der Waals surface area contributed by atoms with Crippen LogP contribution in [0.3, 0.4) is 0 Å². The first kappa shape index (κ1) is 31.4. The monoisotopic (exact) mass is 617 g/mol. The van der Waals surface area contributed by atoms with Crippen LogP contribution in [0.4, 0.5) is 10.1 Å². The number of pyridine rings is 1. The predicted octanol–water partition coefficient (Wildman–Crippen LogP) is 3.76. The summed E-state index contributed by atoms with van der Waals surface area (Å²) in [7, 11) is 0. The zero-order chi connectivity index (χ0) is 31.3. The van der Waals surface area contributed by atoms with Gasteiger partial charge in [-0.05, 0) is 68.7 Å². The molecule has 0 radical (unpaired) electrons. The summed E-state index contributed by atoms with van der Waals surface area (Å²) in [5.41, 5.74) is 2.51. The lowest BCUT2D eigenvalue weighted by Gasteiger charge is -2.46. The van der Waals surface area contributed by atoms with E-state index in [2.05, 4.69) is 40.9 Å². The van der Waals surface area contributed by atoms with Crippen molar-refractivity contribution >= 4 is 11.6 Å². The third-order valence-electron chi connectivity index (χ3n) is 9.04. The van der Waals surface area contributed by atoms with E-state index in [4.69, 9.17) is 14.2 Å². The highest BCUT2D eigenvalue weighted by atomic mass is 19.1. The van der Waals surface area contributed by atoms with Crippen LogP contribution in [0.15, 0.2) is 66.9 Å². The SMILES string of the molecule is C[C@@H]1CN(CC(=O)N2c3cc(Cc4ccc(F)cc4)cnc3OC[C@@H]2COc2ccccc2)[C@@H](CN2[C@H](C)COC[C@H]2C)CN1. The Balaban J connectivity index is 1.26. The van der Waals surface area contributed by atoms with E-state index in [1.165, 1.54) is 12.1 Å². The molecule has 3 aliphatic rings. The van der Waals surface area contributed by atoms with Crippen LogP contribution in [-0.2, 0) is 16.0 Å². The molecule has 5 atom stereocenters. The number of para-hydroxylation sites is 1. The number of ether oxygens (including phenoxy) is 3. The molecule has 0 saturated carbocycles. The minimum atomic E-state index is -0.342. The molecule has 1 aromatic heterocycles. The second kappa shape index (κ2) is 14.2. The van der Waals surface area contributed by atoms with Crippen LogP contribution in [0.2, 0.25) is 0 Å². The van der Waals surface area contributed by atoms with Gasteiger partial charge in [-0.25, -0.2) is 9.37 Å². The van der Waals surface area contributed by atoms with E-state index in [0.29, 0.717) is 30.1 Å². The van der Waals surface area contributed by atoms with Gasteiger partial charge in [0.1, 0.15) is 36.5 Å². The summed E-state index contributed by atoms with van der Waals surface area (Å²) in [6, 6.07) is 18.8. The van der Waals surface area contributed by atoms with Crippen molar-refractivity contribution in [3.05, 3.63) is 83.8 Å². The number of nitrogens with zero attached hydrogens (tertiary/aromatic N) is 4. The molecule has 1 N–H and O–H groups in total. The molecule has 0 aliphatic carbocycles. The van der Waals surface area contributed by atoms with Crippen molar-refractivity contribution in [2.75, 3.05) is 57.5 Å². The van der Waals surface area contributed by atoms with Gasteiger partial charge >= 0.3 is 0 Å². The lowest BCUT2D eigenvalue weighted by molar-refractivity contribution is -0.122. The van der Waals surface area contributed by atoms with Crippen LogP contribution < -0.4 is 19.7 Å². The maximum Gasteiger partial charge on any atom is 0.241 e. The Labute approximate surface area is 265 Å². The van der Waals surface area contributed by atoms with Gasteiger partial charge in [0.15, 0.2) is 0 Å². The fourth-order valence-corrected chi connectivity index (χ4v) is 6.61. The van der Waals surface area contributed by atoms with Crippen LogP contribution >= 0.6 is 0 Å². The highest BCUT2D eigenvalue weighted by molar-refractivity contribution is 5.97. The summed E-state index contributed by atoms with van der Waals surface area (Å²) < 4.78 is 31.6. The molecule has 4 heterocycles. The molecule has 1 amide bonds. The molecule has 2 aromatic carbocycles. The highest BCUT2D eigenvalue weighted by Crippen LogP contribution is 2.34. The van der Waals surface area contributed by atoms with Crippen LogP contribution in [0, 0.1) is 5.82 Å². The van der Waals surface area contributed by atoms with Gasteiger partial charge in [-0.3, -0.25) is 19.5 Å². The van der Waals surface area contributed by atoms with Gasteiger partial charge in [0, 0.05) is 50.0 Å². The van der Waals surface area contributed by atoms with Gasteiger partial charge in [-0.1, -0.05) is 30.3 Å². The van der Waals surface area contributed by atoms with Gasteiger partial charge in [-0.15, -0.1) is 0 Å². The van der Waals surface area contributed by atoms with Gasteiger partial charge in [-0.2, -0.15) is 0 Å². The molecule has 0 spiro atoms. The average Bonchev–Trinajstić information content (AvgIpc) is 3.04. The second-order valence-corrected chi connectivity index (χ2v) is 12.6. The number of halogens is 1. The lowest BCUT2D eigenvalue weighted by Crippen LogP contribution is -2.64. The standard InChI is InChI=1S/C35H44FN5O4/c1-24-17-39(30(16-37-24)18-40-25(2)20-43-21-26(40)3)19-34(42)41-31(22-44-32-7-5-4-6-8-32)23-45-35-33(41)14-28(15-38-35)13-27-9-11-29(36)12-10-27/h4-12,14-15,24-26,30-31,37H,13,16-23H2,1-3H3/t24-,25-,26-,30-,31+/m1/s1. The van der Waals surface area contributed by atoms with Gasteiger partial charge in [0.25, 0.3) is 0 Å². The smallest absolute Gasteiger partial charge is 0.241 e. The normalized spacial score (nSPS) is 25.8. The van der Waals surface area contributed by atoms with Crippen LogP contribution in [-0.4, -0.2) is 104 Å². The number of anilines is 1. The van der Waals surface area contributed by atoms with Crippen LogP contribution in [0.1, 0.15) is 31.9 Å². The quantitative estimate of drug-likeness (QED) is 0.389. The third-order valence-corrected chi connectivity index (χ3v) is 9.04. The van der Waals surface area contributed by atoms with E-state index < -0.39 is 0 Å². The molecule has 10 heteroatoms. The van der Waals surface area contributed by atoms with E-state index in [9.17, 15) is 9.18 Å². The molecule has 45 heavy (non-hydrogen) atoms. The number of morpholine rings is 1. The number of aromatic nitrogens is 1. The Kier molecular flexibility index (Phi) is 9.94. The van der Waals surface area contributed by atoms with Gasteiger partial charge in [0.05, 0.1) is 19.8 Å². The molecular weight excluding hydrogens is 573 g/mol. The van der Waals surface area contributed by atoms with E-state index in [-0.39, 0.29) is 49.6 Å². The highest BCUT2D eigenvalue weighted by Gasteiger charge is 2.38. The Morgan fingerprint density at radius 1 is 1.00 bits per heavy atom. The molecule has 0 unspecified atom stereocenters. The zero-order valence-corrected chi connectivity index (χ0v) is 26.4. The molecule has 240 valence electrons. The summed E-state index contributed by atoms with van der Waals surface area (Å²) in [5.74, 6) is 0.892. The number of nitrogens with one attached hydrogen (secondary N) is 1. The van der Waals surface area contributed by atoms with Gasteiger partial charge < -0.3 is 19.5 Å². The van der Waals surface area contributed by atoms with Crippen LogP contribution in [0.25, 0.3) is 0 Å². The largest absolute Gasteiger partial charge is 0.491 e. The van der Waals surface area contributed by atoms with Crippen molar-refractivity contribution in [3.8, 4) is 11.6 Å². The maximum atomic E-state index is 14.5. The fraction of sp³-hybridized carbons (Fsp3) is 0.486. The van der Waals surface area contributed by atoms with E-state index >= 15 is 0 Å². The number of carbonyl (C=O) groups is 1. The summed E-state index contributed by atoms with van der Waals surface area (Å²) in [5, 5.41) is 3.63. The summed E-state index contributed by atoms with van der Waals surface area (Å²) in [4.78, 5) is 25.8. The van der Waals surface area contributed by atoms with Crippen molar-refractivity contribution in [1.29, 1.82) is 0 Å². The lowest BCUT2D eigenvalue weighted by atomic mass is 10.0. The van der Waals surface area contributed by atoms with E-state index in [1.54, 1.807) is 18.3 Å². The van der Waals surface area contributed by atoms with Crippen molar-refractivity contribution in [3.63, 3.8) is 0 Å². The molecule has 3 aromatic rings. The summed E-state index contributed by atoms with van der Waals surface area (Å²) in [6.45, 7) is 11.3. The van der Waals surface area contributed by atoms with Crippen LogP contribution in [0.5, 0.6) is 11.6 Å². The van der Waals surface area contributed by atoms with E-state index in [1.807, 2.05) is 41.3 Å². The van der Waals surface area contributed by atoms with Crippen molar-refractivity contribution in [1.82, 2.24) is 20.1 Å². The molecule has 3 aliphatic heterocycles. The molecule has 6 rings (SSSR count). The minimum absolute atomic E-state index is 0.0101. The molecule has 9 nitrogen and oxygen atoms in total. The first-order valence-corrected chi connectivity index (χ1v) is 16.0. The zero-order valence-electron chi connectivity index (χ0n) is 26.4. The summed E-state index contributed by atoms with van der Waals surface area (Å²) in [6.07, 6.45) is 2.32. The number of piperazine rings is 1. The first-order chi connectivity index (χ1) is 21.8. The Morgan fingerprint density at radius 3 is 2.51 bits per heavy atom. The number of benzene rings is 2. The van der Waals surface area contributed by atoms with Crippen molar-refractivity contribution in [2.24, 2.45) is 0 Å². The Hall–Kier alpha value is -3.57. The van der Waals surface area contributed by atoms with Crippen molar-refractivity contribution in [2.45, 2.75) is 57.4 Å². The Bertz CT molecular complexity index is 1420. The Morgan fingerprint density at radius 2 is 1.76 bits per heavy atom. The number of amides is 1.